The molecule has 19 heavy (non-hydrogen) atoms. The molecular weight excluding hydrogens is 262 g/mol. The van der Waals surface area contributed by atoms with E-state index >= 15 is 0 Å². The van der Waals surface area contributed by atoms with Crippen molar-refractivity contribution in [2.24, 2.45) is 0 Å². The van der Waals surface area contributed by atoms with Crippen LogP contribution in [0.2, 0.25) is 0 Å². The zero-order valence-electron chi connectivity index (χ0n) is 11.2. The van der Waals surface area contributed by atoms with E-state index < -0.39 is 0 Å². The smallest absolute Gasteiger partial charge is 0.299 e. The quantitative estimate of drug-likeness (QED) is 0.735. The fraction of sp³-hybridized carbons (Fsp3) is 0.750. The number of thioether (sulfide) groups is 1. The fourth-order valence-electron chi connectivity index (χ4n) is 1.84. The lowest BCUT2D eigenvalue weighted by Crippen LogP contribution is -2.30. The standard InChI is InChI=1S/C12H19N5OS/c1-8(2)17-11(18)15-16-12(17)19-6-5-10(7-13)14-9-3-4-9/h8-10,14H,3-6H2,1-2H3,(H,15,18). The van der Waals surface area contributed by atoms with Crippen LogP contribution in [-0.2, 0) is 0 Å². The Labute approximate surface area is 116 Å². The maximum atomic E-state index is 11.6. The highest BCUT2D eigenvalue weighted by molar-refractivity contribution is 7.99. The SMILES string of the molecule is CC(C)n1c(SCCC(C#N)NC2CC2)n[nH]c1=O. The van der Waals surface area contributed by atoms with E-state index in [4.69, 9.17) is 5.26 Å². The van der Waals surface area contributed by atoms with Gasteiger partial charge in [-0.2, -0.15) is 5.26 Å². The van der Waals surface area contributed by atoms with Gasteiger partial charge >= 0.3 is 5.69 Å². The largest absolute Gasteiger partial charge is 0.344 e. The molecule has 104 valence electrons. The Morgan fingerprint density at radius 2 is 2.37 bits per heavy atom. The molecule has 1 aliphatic rings. The van der Waals surface area contributed by atoms with Crippen LogP contribution in [-0.4, -0.2) is 32.6 Å². The van der Waals surface area contributed by atoms with Crippen LogP contribution in [0.5, 0.6) is 0 Å². The monoisotopic (exact) mass is 281 g/mol. The highest BCUT2D eigenvalue weighted by Crippen LogP contribution is 2.21. The summed E-state index contributed by atoms with van der Waals surface area (Å²) in [7, 11) is 0. The Balaban J connectivity index is 1.85. The molecule has 1 aromatic rings. The van der Waals surface area contributed by atoms with E-state index in [1.165, 1.54) is 24.6 Å². The van der Waals surface area contributed by atoms with E-state index in [-0.39, 0.29) is 17.8 Å². The van der Waals surface area contributed by atoms with Crippen LogP contribution in [0.3, 0.4) is 0 Å². The lowest BCUT2D eigenvalue weighted by atomic mass is 10.2. The second-order valence-electron chi connectivity index (χ2n) is 5.03. The number of aromatic amines is 1. The molecule has 0 spiro atoms. The highest BCUT2D eigenvalue weighted by atomic mass is 32.2. The molecule has 1 unspecified atom stereocenters. The van der Waals surface area contributed by atoms with Gasteiger partial charge in [0.15, 0.2) is 5.16 Å². The molecule has 0 amide bonds. The van der Waals surface area contributed by atoms with Crippen molar-refractivity contribution in [3.8, 4) is 6.07 Å². The van der Waals surface area contributed by atoms with Crippen molar-refractivity contribution >= 4 is 11.8 Å². The zero-order valence-corrected chi connectivity index (χ0v) is 12.0. The van der Waals surface area contributed by atoms with Crippen LogP contribution in [0.1, 0.15) is 39.2 Å². The summed E-state index contributed by atoms with van der Waals surface area (Å²) in [5.41, 5.74) is -0.176. The Morgan fingerprint density at radius 1 is 1.63 bits per heavy atom. The Bertz CT molecular complexity index is 511. The lowest BCUT2D eigenvalue weighted by molar-refractivity contribution is 0.533. The number of nitriles is 1. The van der Waals surface area contributed by atoms with Crippen molar-refractivity contribution in [1.29, 1.82) is 5.26 Å². The molecule has 1 fully saturated rings. The van der Waals surface area contributed by atoms with Gasteiger partial charge in [0, 0.05) is 17.8 Å². The average molecular weight is 281 g/mol. The molecule has 1 saturated carbocycles. The summed E-state index contributed by atoms with van der Waals surface area (Å²) >= 11 is 1.52. The third-order valence-corrected chi connectivity index (χ3v) is 3.98. The molecule has 6 nitrogen and oxygen atoms in total. The molecule has 0 radical (unpaired) electrons. The van der Waals surface area contributed by atoms with Crippen molar-refractivity contribution in [2.45, 2.75) is 56.4 Å². The zero-order chi connectivity index (χ0) is 13.8. The maximum absolute atomic E-state index is 11.6. The van der Waals surface area contributed by atoms with E-state index in [2.05, 4.69) is 21.6 Å². The van der Waals surface area contributed by atoms with Crippen molar-refractivity contribution in [3.05, 3.63) is 10.5 Å². The van der Waals surface area contributed by atoms with Gasteiger partial charge in [0.2, 0.25) is 0 Å². The van der Waals surface area contributed by atoms with E-state index in [1.54, 1.807) is 4.57 Å². The maximum Gasteiger partial charge on any atom is 0.344 e. The van der Waals surface area contributed by atoms with Gasteiger partial charge in [-0.1, -0.05) is 11.8 Å². The molecule has 0 aromatic carbocycles. The van der Waals surface area contributed by atoms with E-state index in [9.17, 15) is 4.79 Å². The molecule has 0 saturated heterocycles. The average Bonchev–Trinajstić information content (AvgIpc) is 3.10. The molecule has 1 heterocycles. The van der Waals surface area contributed by atoms with Crippen LogP contribution >= 0.6 is 11.8 Å². The van der Waals surface area contributed by atoms with Crippen LogP contribution < -0.4 is 11.0 Å². The topological polar surface area (TPSA) is 86.5 Å². The highest BCUT2D eigenvalue weighted by Gasteiger charge is 2.24. The predicted octanol–water partition coefficient (Wildman–Crippen LogP) is 1.28. The predicted molar refractivity (Wildman–Crippen MR) is 74.1 cm³/mol. The Hall–Kier alpha value is -1.26. The second kappa shape index (κ2) is 6.26. The number of aromatic nitrogens is 3. The van der Waals surface area contributed by atoms with Crippen molar-refractivity contribution in [1.82, 2.24) is 20.1 Å². The summed E-state index contributed by atoms with van der Waals surface area (Å²) in [6.45, 7) is 3.90. The Kier molecular flexibility index (Phi) is 4.66. The van der Waals surface area contributed by atoms with E-state index in [0.29, 0.717) is 11.2 Å². The minimum absolute atomic E-state index is 0.0881. The fourth-order valence-corrected chi connectivity index (χ4v) is 2.91. The number of rotatable bonds is 7. The number of hydrogen-bond acceptors (Lipinski definition) is 5. The molecule has 1 atom stereocenters. The summed E-state index contributed by atoms with van der Waals surface area (Å²) in [6, 6.07) is 2.81. The van der Waals surface area contributed by atoms with Crippen LogP contribution in [0.25, 0.3) is 0 Å². The number of nitrogens with zero attached hydrogens (tertiary/aromatic N) is 3. The summed E-state index contributed by atoms with van der Waals surface area (Å²) < 4.78 is 1.64. The molecule has 7 heteroatoms. The summed E-state index contributed by atoms with van der Waals surface area (Å²) in [5.74, 6) is 0.773. The van der Waals surface area contributed by atoms with E-state index in [1.807, 2.05) is 13.8 Å². The number of nitrogens with one attached hydrogen (secondary N) is 2. The van der Waals surface area contributed by atoms with Gasteiger partial charge in [0.25, 0.3) is 0 Å². The molecule has 2 rings (SSSR count). The first kappa shape index (κ1) is 14.2. The van der Waals surface area contributed by atoms with Gasteiger partial charge in [-0.3, -0.25) is 9.88 Å². The van der Waals surface area contributed by atoms with Crippen LogP contribution in [0.4, 0.5) is 0 Å². The van der Waals surface area contributed by atoms with Crippen molar-refractivity contribution in [3.63, 3.8) is 0 Å². The van der Waals surface area contributed by atoms with Crippen LogP contribution in [0, 0.1) is 11.3 Å². The van der Waals surface area contributed by atoms with Gasteiger partial charge in [0.1, 0.15) is 0 Å². The summed E-state index contributed by atoms with van der Waals surface area (Å²) in [5, 5.41) is 19.5. The first-order valence-electron chi connectivity index (χ1n) is 6.57. The van der Waals surface area contributed by atoms with Gasteiger partial charge < -0.3 is 0 Å². The van der Waals surface area contributed by atoms with Crippen molar-refractivity contribution < 1.29 is 0 Å². The van der Waals surface area contributed by atoms with Crippen LogP contribution in [0.15, 0.2) is 9.95 Å². The third kappa shape index (κ3) is 3.85. The summed E-state index contributed by atoms with van der Waals surface area (Å²) in [4.78, 5) is 11.6. The van der Waals surface area contributed by atoms with E-state index in [0.717, 1.165) is 12.2 Å². The molecule has 2 N–H and O–H groups in total. The minimum atomic E-state index is -0.176. The Morgan fingerprint density at radius 3 is 2.95 bits per heavy atom. The van der Waals surface area contributed by atoms with Gasteiger partial charge in [-0.05, 0) is 33.1 Å². The first-order valence-corrected chi connectivity index (χ1v) is 7.55. The molecule has 0 bridgehead atoms. The van der Waals surface area contributed by atoms with Gasteiger partial charge in [0.05, 0.1) is 12.1 Å². The molecule has 1 aliphatic carbocycles. The first-order chi connectivity index (χ1) is 9.11. The number of hydrogen-bond donors (Lipinski definition) is 2. The van der Waals surface area contributed by atoms with Gasteiger partial charge in [-0.15, -0.1) is 5.10 Å². The number of H-pyrrole nitrogens is 1. The molecule has 1 aromatic heterocycles. The second-order valence-corrected chi connectivity index (χ2v) is 6.10. The lowest BCUT2D eigenvalue weighted by Gasteiger charge is -2.11. The third-order valence-electron chi connectivity index (χ3n) is 3.00. The minimum Gasteiger partial charge on any atom is -0.299 e. The van der Waals surface area contributed by atoms with Gasteiger partial charge in [-0.25, -0.2) is 9.89 Å². The summed E-state index contributed by atoms with van der Waals surface area (Å²) in [6.07, 6.45) is 3.12. The molecular formula is C12H19N5OS. The van der Waals surface area contributed by atoms with Crippen molar-refractivity contribution in [2.75, 3.05) is 5.75 Å². The normalized spacial score (nSPS) is 16.5. The molecule has 0 aliphatic heterocycles.